The van der Waals surface area contributed by atoms with Gasteiger partial charge >= 0.3 is 0 Å². The summed E-state index contributed by atoms with van der Waals surface area (Å²) in [6, 6.07) is 8.17. The minimum absolute atomic E-state index is 0.707. The van der Waals surface area contributed by atoms with Crippen LogP contribution < -0.4 is 5.73 Å². The molecule has 0 atom stereocenters. The predicted octanol–water partition coefficient (Wildman–Crippen LogP) is 2.44. The summed E-state index contributed by atoms with van der Waals surface area (Å²) in [5.74, 6) is 0. The van der Waals surface area contributed by atoms with E-state index in [4.69, 9.17) is 5.73 Å². The summed E-state index contributed by atoms with van der Waals surface area (Å²) in [6.45, 7) is 7.55. The molecule has 4 nitrogen and oxygen atoms in total. The molecule has 0 fully saturated rings. The minimum atomic E-state index is 0.707. The van der Waals surface area contributed by atoms with Crippen LogP contribution in [0.1, 0.15) is 28.9 Å². The molecule has 2 N–H and O–H groups in total. The van der Waals surface area contributed by atoms with Crippen molar-refractivity contribution in [2.75, 3.05) is 13.1 Å². The molecule has 0 aromatic carbocycles. The lowest BCUT2D eigenvalue weighted by Crippen LogP contribution is -2.27. The maximum Gasteiger partial charge on any atom is 0.0573 e. The number of aryl methyl sites for hydroxylation is 2. The largest absolute Gasteiger partial charge is 0.330 e. The standard InChI is InChI=1S/C17H24N4/c1-14-6-3-9-19-16(14)12-21(11-5-8-18)13-17-15(2)7-4-10-20-17/h3-4,6-7,9-10H,5,8,11-13,18H2,1-2H3. The van der Waals surface area contributed by atoms with Gasteiger partial charge in [0.05, 0.1) is 11.4 Å². The van der Waals surface area contributed by atoms with E-state index in [0.717, 1.165) is 37.4 Å². The maximum atomic E-state index is 5.67. The second-order valence-electron chi connectivity index (χ2n) is 5.39. The third kappa shape index (κ3) is 4.62. The van der Waals surface area contributed by atoms with Crippen LogP contribution in [0.5, 0.6) is 0 Å². The summed E-state index contributed by atoms with van der Waals surface area (Å²) in [4.78, 5) is 11.4. The Hall–Kier alpha value is -1.78. The highest BCUT2D eigenvalue weighted by molar-refractivity contribution is 5.19. The van der Waals surface area contributed by atoms with Crippen LogP contribution in [0.25, 0.3) is 0 Å². The molecule has 0 saturated heterocycles. The number of nitrogens with zero attached hydrogens (tertiary/aromatic N) is 3. The van der Waals surface area contributed by atoms with Gasteiger partial charge in [-0.1, -0.05) is 12.1 Å². The van der Waals surface area contributed by atoms with Crippen LogP contribution in [0.3, 0.4) is 0 Å². The van der Waals surface area contributed by atoms with Crippen molar-refractivity contribution in [3.63, 3.8) is 0 Å². The fourth-order valence-corrected chi connectivity index (χ4v) is 2.32. The average Bonchev–Trinajstić information content (AvgIpc) is 2.49. The van der Waals surface area contributed by atoms with Gasteiger partial charge in [-0.2, -0.15) is 0 Å². The molecule has 4 heteroatoms. The number of aromatic nitrogens is 2. The highest BCUT2D eigenvalue weighted by Gasteiger charge is 2.11. The van der Waals surface area contributed by atoms with Crippen molar-refractivity contribution in [3.05, 3.63) is 59.2 Å². The molecular weight excluding hydrogens is 260 g/mol. The van der Waals surface area contributed by atoms with Crippen molar-refractivity contribution in [3.8, 4) is 0 Å². The average molecular weight is 284 g/mol. The van der Waals surface area contributed by atoms with Crippen LogP contribution in [0, 0.1) is 13.8 Å². The fraction of sp³-hybridized carbons (Fsp3) is 0.412. The number of rotatable bonds is 7. The highest BCUT2D eigenvalue weighted by Crippen LogP contribution is 2.12. The van der Waals surface area contributed by atoms with Crippen molar-refractivity contribution in [1.29, 1.82) is 0 Å². The zero-order valence-corrected chi connectivity index (χ0v) is 12.9. The Morgan fingerprint density at radius 2 is 1.48 bits per heavy atom. The van der Waals surface area contributed by atoms with Gasteiger partial charge in [-0.25, -0.2) is 0 Å². The minimum Gasteiger partial charge on any atom is -0.330 e. The van der Waals surface area contributed by atoms with E-state index in [1.807, 2.05) is 24.5 Å². The van der Waals surface area contributed by atoms with E-state index in [0.29, 0.717) is 6.54 Å². The SMILES string of the molecule is Cc1cccnc1CN(CCCN)Cc1ncccc1C. The van der Waals surface area contributed by atoms with Crippen LogP contribution in [0.4, 0.5) is 0 Å². The van der Waals surface area contributed by atoms with E-state index in [1.165, 1.54) is 11.1 Å². The van der Waals surface area contributed by atoms with Gasteiger partial charge < -0.3 is 5.73 Å². The fourth-order valence-electron chi connectivity index (χ4n) is 2.32. The number of pyridine rings is 2. The second kappa shape index (κ2) is 7.86. The molecule has 0 aliphatic rings. The first kappa shape index (κ1) is 15.6. The molecule has 0 bridgehead atoms. The van der Waals surface area contributed by atoms with Gasteiger partial charge in [0.2, 0.25) is 0 Å². The quantitative estimate of drug-likeness (QED) is 0.848. The van der Waals surface area contributed by atoms with Crippen molar-refractivity contribution in [2.24, 2.45) is 5.73 Å². The smallest absolute Gasteiger partial charge is 0.0573 e. The van der Waals surface area contributed by atoms with Crippen molar-refractivity contribution in [2.45, 2.75) is 33.4 Å². The lowest BCUT2D eigenvalue weighted by molar-refractivity contribution is 0.248. The summed E-state index contributed by atoms with van der Waals surface area (Å²) in [5, 5.41) is 0. The van der Waals surface area contributed by atoms with Crippen LogP contribution >= 0.6 is 0 Å². The van der Waals surface area contributed by atoms with Crippen LogP contribution in [-0.4, -0.2) is 28.0 Å². The Morgan fingerprint density at radius 3 is 1.90 bits per heavy atom. The van der Waals surface area contributed by atoms with Gasteiger partial charge in [-0.05, 0) is 50.1 Å². The molecule has 2 heterocycles. The normalized spacial score (nSPS) is 11.0. The van der Waals surface area contributed by atoms with E-state index < -0.39 is 0 Å². The number of hydrogen-bond acceptors (Lipinski definition) is 4. The monoisotopic (exact) mass is 284 g/mol. The molecule has 0 aliphatic heterocycles. The maximum absolute atomic E-state index is 5.67. The molecule has 2 aromatic heterocycles. The van der Waals surface area contributed by atoms with Crippen molar-refractivity contribution >= 4 is 0 Å². The Balaban J connectivity index is 2.11. The van der Waals surface area contributed by atoms with E-state index >= 15 is 0 Å². The van der Waals surface area contributed by atoms with Gasteiger partial charge in [0, 0.05) is 32.0 Å². The summed E-state index contributed by atoms with van der Waals surface area (Å²) in [7, 11) is 0. The van der Waals surface area contributed by atoms with Gasteiger partial charge in [0.15, 0.2) is 0 Å². The topological polar surface area (TPSA) is 55.0 Å². The van der Waals surface area contributed by atoms with Gasteiger partial charge in [0.1, 0.15) is 0 Å². The molecule has 112 valence electrons. The second-order valence-corrected chi connectivity index (χ2v) is 5.39. The summed E-state index contributed by atoms with van der Waals surface area (Å²) in [5.41, 5.74) is 10.4. The summed E-state index contributed by atoms with van der Waals surface area (Å²) >= 11 is 0. The van der Waals surface area contributed by atoms with Crippen LogP contribution in [0.15, 0.2) is 36.7 Å². The highest BCUT2D eigenvalue weighted by atomic mass is 15.1. The molecular formula is C17H24N4. The zero-order chi connectivity index (χ0) is 15.1. The summed E-state index contributed by atoms with van der Waals surface area (Å²) < 4.78 is 0. The molecule has 2 rings (SSSR count). The van der Waals surface area contributed by atoms with E-state index in [9.17, 15) is 0 Å². The Morgan fingerprint density at radius 1 is 0.952 bits per heavy atom. The van der Waals surface area contributed by atoms with Crippen molar-refractivity contribution in [1.82, 2.24) is 14.9 Å². The summed E-state index contributed by atoms with van der Waals surface area (Å²) in [6.07, 6.45) is 4.70. The number of hydrogen-bond donors (Lipinski definition) is 1. The number of nitrogens with two attached hydrogens (primary N) is 1. The third-order valence-electron chi connectivity index (χ3n) is 3.66. The van der Waals surface area contributed by atoms with E-state index in [1.54, 1.807) is 0 Å². The van der Waals surface area contributed by atoms with E-state index in [-0.39, 0.29) is 0 Å². The van der Waals surface area contributed by atoms with Gasteiger partial charge in [-0.3, -0.25) is 14.9 Å². The first-order valence-corrected chi connectivity index (χ1v) is 7.44. The molecule has 2 aromatic rings. The Labute approximate surface area is 127 Å². The first-order valence-electron chi connectivity index (χ1n) is 7.44. The van der Waals surface area contributed by atoms with Crippen LogP contribution in [-0.2, 0) is 13.1 Å². The Kier molecular flexibility index (Phi) is 5.84. The van der Waals surface area contributed by atoms with Crippen molar-refractivity contribution < 1.29 is 0 Å². The lowest BCUT2D eigenvalue weighted by Gasteiger charge is -2.22. The molecule has 0 saturated carbocycles. The Bertz CT molecular complexity index is 521. The first-order chi connectivity index (χ1) is 10.2. The molecule has 0 aliphatic carbocycles. The molecule has 0 spiro atoms. The third-order valence-corrected chi connectivity index (χ3v) is 3.66. The lowest BCUT2D eigenvalue weighted by atomic mass is 10.1. The molecule has 21 heavy (non-hydrogen) atoms. The van der Waals surface area contributed by atoms with Gasteiger partial charge in [0.25, 0.3) is 0 Å². The zero-order valence-electron chi connectivity index (χ0n) is 12.9. The molecule has 0 amide bonds. The molecule has 0 radical (unpaired) electrons. The molecule has 0 unspecified atom stereocenters. The van der Waals surface area contributed by atoms with E-state index in [2.05, 4.69) is 40.8 Å². The predicted molar refractivity (Wildman–Crippen MR) is 85.7 cm³/mol. The van der Waals surface area contributed by atoms with Gasteiger partial charge in [-0.15, -0.1) is 0 Å². The van der Waals surface area contributed by atoms with Crippen LogP contribution in [0.2, 0.25) is 0 Å².